The van der Waals surface area contributed by atoms with E-state index < -0.39 is 5.72 Å². The fraction of sp³-hybridized carbons (Fsp3) is 0.684. The first-order valence-corrected chi connectivity index (χ1v) is 8.87. The molecule has 0 amide bonds. The maximum Gasteiger partial charge on any atom is 0.125 e. The first kappa shape index (κ1) is 11.5. The van der Waals surface area contributed by atoms with Crippen LogP contribution >= 0.6 is 0 Å². The third kappa shape index (κ3) is 0.845. The van der Waals surface area contributed by atoms with Gasteiger partial charge in [0.1, 0.15) is 11.5 Å². The van der Waals surface area contributed by atoms with Gasteiger partial charge in [-0.15, -0.1) is 0 Å². The summed E-state index contributed by atoms with van der Waals surface area (Å²) < 4.78 is 5.26. The van der Waals surface area contributed by atoms with Crippen molar-refractivity contribution in [1.82, 2.24) is 4.90 Å². The zero-order valence-corrected chi connectivity index (χ0v) is 12.7. The van der Waals surface area contributed by atoms with Crippen molar-refractivity contribution in [3.05, 3.63) is 29.8 Å². The maximum absolute atomic E-state index is 11.7. The van der Waals surface area contributed by atoms with Crippen molar-refractivity contribution in [3.8, 4) is 5.75 Å². The van der Waals surface area contributed by atoms with E-state index in [-0.39, 0.29) is 0 Å². The Bertz CT molecular complexity index is 702. The van der Waals surface area contributed by atoms with Gasteiger partial charge in [-0.3, -0.25) is 4.90 Å². The van der Waals surface area contributed by atoms with Crippen LogP contribution in [0.2, 0.25) is 0 Å². The van der Waals surface area contributed by atoms with E-state index in [1.54, 1.807) is 7.11 Å². The topological polar surface area (TPSA) is 32.7 Å². The third-order valence-corrected chi connectivity index (χ3v) is 8.72. The fourth-order valence-electron chi connectivity index (χ4n) is 8.70. The molecular weight excluding hydrogens is 274 g/mol. The van der Waals surface area contributed by atoms with Crippen LogP contribution in [-0.4, -0.2) is 28.9 Å². The summed E-state index contributed by atoms with van der Waals surface area (Å²) in [4.78, 5) is 2.53. The largest absolute Gasteiger partial charge is 0.497 e. The summed E-state index contributed by atoms with van der Waals surface area (Å²) in [6, 6.07) is 9.11. The molecular formula is C19H21NO2. The number of hydrogen-bond donors (Lipinski definition) is 1. The van der Waals surface area contributed by atoms with Gasteiger partial charge >= 0.3 is 0 Å². The predicted octanol–water partition coefficient (Wildman–Crippen LogP) is 1.96. The molecule has 0 aromatic heterocycles. The monoisotopic (exact) mass is 295 g/mol. The number of hydrogen-bond acceptors (Lipinski definition) is 3. The number of benzene rings is 1. The normalized spacial score (nSPS) is 60.7. The second-order valence-corrected chi connectivity index (χ2v) is 8.67. The van der Waals surface area contributed by atoms with Gasteiger partial charge in [-0.25, -0.2) is 0 Å². The molecule has 2 aliphatic heterocycles. The first-order valence-electron chi connectivity index (χ1n) is 8.87. The van der Waals surface area contributed by atoms with Crippen molar-refractivity contribution >= 4 is 0 Å². The minimum absolute atomic E-state index is 0.447. The van der Waals surface area contributed by atoms with Crippen molar-refractivity contribution < 1.29 is 9.84 Å². The Labute approximate surface area is 130 Å². The van der Waals surface area contributed by atoms with Gasteiger partial charge in [0.15, 0.2) is 0 Å². The SMILES string of the molecule is COc1ccc(CN2[C@@H]3[C@H]4[C@H]5[C@@H]6C[C@@H]7[C@H]5[C@H]4[C@]2(O)[C@@H]7[C@@H]63)cc1. The van der Waals surface area contributed by atoms with E-state index in [1.807, 2.05) is 12.1 Å². The van der Waals surface area contributed by atoms with E-state index in [4.69, 9.17) is 4.74 Å². The van der Waals surface area contributed by atoms with E-state index in [0.717, 1.165) is 47.8 Å². The Morgan fingerprint density at radius 3 is 2.68 bits per heavy atom. The van der Waals surface area contributed by atoms with Crippen LogP contribution in [0.4, 0.5) is 0 Å². The summed E-state index contributed by atoms with van der Waals surface area (Å²) in [6.07, 6.45) is 1.45. The van der Waals surface area contributed by atoms with E-state index in [1.165, 1.54) is 12.0 Å². The molecule has 114 valence electrons. The number of rotatable bonds is 3. The molecule has 7 aliphatic rings. The minimum Gasteiger partial charge on any atom is -0.497 e. The van der Waals surface area contributed by atoms with Gasteiger partial charge in [0.2, 0.25) is 0 Å². The Balaban J connectivity index is 1.30. The molecule has 4 bridgehead atoms. The van der Waals surface area contributed by atoms with Crippen LogP contribution < -0.4 is 4.74 Å². The molecule has 22 heavy (non-hydrogen) atoms. The Hall–Kier alpha value is -1.06. The number of methoxy groups -OCH3 is 1. The highest BCUT2D eigenvalue weighted by molar-refractivity contribution is 5.41. The molecule has 1 aromatic rings. The van der Waals surface area contributed by atoms with Crippen molar-refractivity contribution in [1.29, 1.82) is 0 Å². The zero-order valence-electron chi connectivity index (χ0n) is 12.7. The van der Waals surface area contributed by atoms with Crippen LogP contribution in [0, 0.1) is 47.3 Å². The predicted molar refractivity (Wildman–Crippen MR) is 79.8 cm³/mol. The highest BCUT2D eigenvalue weighted by atomic mass is 16.5. The lowest BCUT2D eigenvalue weighted by atomic mass is 9.59. The van der Waals surface area contributed by atoms with E-state index in [0.29, 0.717) is 17.9 Å². The minimum atomic E-state index is -0.447. The van der Waals surface area contributed by atoms with Crippen LogP contribution in [0.1, 0.15) is 12.0 Å². The lowest BCUT2D eigenvalue weighted by molar-refractivity contribution is -0.134. The van der Waals surface area contributed by atoms with Crippen molar-refractivity contribution in [2.75, 3.05) is 7.11 Å². The van der Waals surface area contributed by atoms with Crippen molar-refractivity contribution in [2.45, 2.75) is 24.7 Å². The maximum atomic E-state index is 11.7. The van der Waals surface area contributed by atoms with Crippen LogP contribution in [0.5, 0.6) is 5.75 Å². The lowest BCUT2D eigenvalue weighted by Gasteiger charge is -2.45. The molecule has 10 atom stereocenters. The number of aliphatic hydroxyl groups is 1. The summed E-state index contributed by atoms with van der Waals surface area (Å²) in [5.41, 5.74) is 0.868. The molecule has 1 N–H and O–H groups in total. The zero-order chi connectivity index (χ0) is 14.4. The average molecular weight is 295 g/mol. The first-order chi connectivity index (χ1) is 10.7. The molecule has 0 unspecified atom stereocenters. The summed E-state index contributed by atoms with van der Waals surface area (Å²) >= 11 is 0. The summed E-state index contributed by atoms with van der Waals surface area (Å²) in [7, 11) is 1.71. The van der Waals surface area contributed by atoms with Crippen molar-refractivity contribution in [2.24, 2.45) is 47.3 Å². The Morgan fingerprint density at radius 2 is 1.91 bits per heavy atom. The van der Waals surface area contributed by atoms with Gasteiger partial charge in [0, 0.05) is 24.4 Å². The van der Waals surface area contributed by atoms with Crippen LogP contribution in [0.25, 0.3) is 0 Å². The molecule has 3 heteroatoms. The van der Waals surface area contributed by atoms with Gasteiger partial charge in [0.25, 0.3) is 0 Å². The molecule has 2 saturated heterocycles. The van der Waals surface area contributed by atoms with E-state index >= 15 is 0 Å². The Morgan fingerprint density at radius 1 is 1.09 bits per heavy atom. The quantitative estimate of drug-likeness (QED) is 0.925. The molecule has 1 aromatic carbocycles. The molecule has 5 aliphatic carbocycles. The fourth-order valence-corrected chi connectivity index (χ4v) is 8.70. The lowest BCUT2D eigenvalue weighted by Crippen LogP contribution is -2.50. The summed E-state index contributed by atoms with van der Waals surface area (Å²) in [5, 5.41) is 11.7. The van der Waals surface area contributed by atoms with Crippen molar-refractivity contribution in [3.63, 3.8) is 0 Å². The van der Waals surface area contributed by atoms with Crippen LogP contribution in [-0.2, 0) is 6.54 Å². The smallest absolute Gasteiger partial charge is 0.125 e. The van der Waals surface area contributed by atoms with Crippen LogP contribution in [0.15, 0.2) is 24.3 Å². The number of ether oxygens (including phenoxy) is 1. The highest BCUT2D eigenvalue weighted by Gasteiger charge is 2.93. The molecule has 8 rings (SSSR count). The van der Waals surface area contributed by atoms with Crippen LogP contribution in [0.3, 0.4) is 0 Å². The second-order valence-electron chi connectivity index (χ2n) is 8.67. The second kappa shape index (κ2) is 3.11. The Kier molecular flexibility index (Phi) is 1.62. The summed E-state index contributed by atoms with van der Waals surface area (Å²) in [5.74, 6) is 7.56. The summed E-state index contributed by atoms with van der Waals surface area (Å²) in [6.45, 7) is 0.921. The average Bonchev–Trinajstić information content (AvgIpc) is 3.14. The standard InChI is InChI=1S/C19H21NO2/c1-22-9-4-2-8(3-5-9)7-20-18-14-10-6-11-13-12(10)15(18)17(13)19(20,21)16(11)14/h2-5,10-18,21H,6-7H2,1H3/t10-,11+,12-,13+,14+,15-,16-,17+,18-,19+/m0/s1. The number of nitrogens with zero attached hydrogens (tertiary/aromatic N) is 1. The molecule has 3 nitrogen and oxygen atoms in total. The van der Waals surface area contributed by atoms with Gasteiger partial charge in [-0.1, -0.05) is 12.1 Å². The molecule has 5 saturated carbocycles. The molecule has 0 spiro atoms. The van der Waals surface area contributed by atoms with E-state index in [9.17, 15) is 5.11 Å². The third-order valence-electron chi connectivity index (χ3n) is 8.72. The van der Waals surface area contributed by atoms with Gasteiger partial charge in [-0.05, 0) is 59.6 Å². The van der Waals surface area contributed by atoms with E-state index in [2.05, 4.69) is 17.0 Å². The molecule has 2 heterocycles. The van der Waals surface area contributed by atoms with Gasteiger partial charge in [-0.2, -0.15) is 0 Å². The molecule has 7 fully saturated rings. The highest BCUT2D eigenvalue weighted by Crippen LogP contribution is 2.90. The van der Waals surface area contributed by atoms with Gasteiger partial charge < -0.3 is 9.84 Å². The van der Waals surface area contributed by atoms with Gasteiger partial charge in [0.05, 0.1) is 7.11 Å². The molecule has 0 radical (unpaired) electrons.